The van der Waals surface area contributed by atoms with Crippen molar-refractivity contribution in [3.63, 3.8) is 0 Å². The molecule has 0 aliphatic heterocycles. The predicted molar refractivity (Wildman–Crippen MR) is 64.1 cm³/mol. The van der Waals surface area contributed by atoms with Gasteiger partial charge in [-0.3, -0.25) is 0 Å². The molecule has 1 rings (SSSR count). The van der Waals surface area contributed by atoms with Crippen LogP contribution in [-0.4, -0.2) is 16.6 Å². The van der Waals surface area contributed by atoms with Crippen LogP contribution < -0.4 is 4.74 Å². The van der Waals surface area contributed by atoms with Gasteiger partial charge in [0.15, 0.2) is 0 Å². The topological polar surface area (TPSA) is 35.0 Å². The fourth-order valence-electron chi connectivity index (χ4n) is 0.993. The maximum Gasteiger partial charge on any atom is 0.217 e. The van der Waals surface area contributed by atoms with Crippen LogP contribution in [0.4, 0.5) is 0 Å². The van der Waals surface area contributed by atoms with Crippen molar-refractivity contribution in [3.8, 4) is 5.88 Å². The highest BCUT2D eigenvalue weighted by Gasteiger charge is 2.07. The van der Waals surface area contributed by atoms with Gasteiger partial charge in [-0.1, -0.05) is 19.9 Å². The van der Waals surface area contributed by atoms with Gasteiger partial charge in [0.1, 0.15) is 10.4 Å². The molecule has 0 aliphatic carbocycles. The average Bonchev–Trinajstić information content (AvgIpc) is 2.17. The van der Waals surface area contributed by atoms with Crippen LogP contribution in [0.5, 0.6) is 5.88 Å². The number of rotatable bonds is 5. The van der Waals surface area contributed by atoms with Crippen LogP contribution in [-0.2, 0) is 0 Å². The lowest BCUT2D eigenvalue weighted by Crippen LogP contribution is -2.03. The van der Waals surface area contributed by atoms with Crippen LogP contribution in [0.25, 0.3) is 0 Å². The number of hydrogen-bond acceptors (Lipinski definition) is 3. The molecule has 0 fully saturated rings. The molecule has 0 spiro atoms. The first kappa shape index (κ1) is 12.2. The Bertz CT molecular complexity index is 339. The molecule has 82 valence electrons. The largest absolute Gasteiger partial charge is 0.477 e. The van der Waals surface area contributed by atoms with E-state index >= 15 is 0 Å². The Morgan fingerprint density at radius 3 is 2.87 bits per heavy atom. The summed E-state index contributed by atoms with van der Waals surface area (Å²) in [5.74, 6) is 1.70. The molecule has 0 atom stereocenters. The van der Waals surface area contributed by atoms with Crippen LogP contribution in [0, 0.1) is 0 Å². The third-order valence-electron chi connectivity index (χ3n) is 1.78. The van der Waals surface area contributed by atoms with E-state index in [0.29, 0.717) is 18.4 Å². The lowest BCUT2D eigenvalue weighted by atomic mass is 10.2. The third kappa shape index (κ3) is 4.00. The molecule has 0 unspecified atom stereocenters. The summed E-state index contributed by atoms with van der Waals surface area (Å²) in [4.78, 5) is 8.57. The van der Waals surface area contributed by atoms with Crippen LogP contribution in [0.3, 0.4) is 0 Å². The molecule has 1 heterocycles. The second kappa shape index (κ2) is 5.85. The van der Waals surface area contributed by atoms with Gasteiger partial charge in [-0.2, -0.15) is 4.98 Å². The van der Waals surface area contributed by atoms with E-state index in [9.17, 15) is 0 Å². The molecule has 0 aliphatic rings. The van der Waals surface area contributed by atoms with E-state index in [0.717, 1.165) is 16.8 Å². The Morgan fingerprint density at radius 1 is 1.53 bits per heavy atom. The van der Waals surface area contributed by atoms with Crippen LogP contribution in [0.1, 0.15) is 32.0 Å². The number of ether oxygens (including phenoxy) is 1. The summed E-state index contributed by atoms with van der Waals surface area (Å²) in [5.41, 5.74) is 0. The van der Waals surface area contributed by atoms with Crippen molar-refractivity contribution in [2.75, 3.05) is 6.61 Å². The van der Waals surface area contributed by atoms with Gasteiger partial charge < -0.3 is 4.74 Å². The molecule has 15 heavy (non-hydrogen) atoms. The zero-order chi connectivity index (χ0) is 11.3. The SMILES string of the molecule is C=CCCOc1cc(Br)nc(C(C)C)n1. The zero-order valence-electron chi connectivity index (χ0n) is 9.03. The number of halogens is 1. The smallest absolute Gasteiger partial charge is 0.217 e. The van der Waals surface area contributed by atoms with Crippen molar-refractivity contribution < 1.29 is 4.74 Å². The van der Waals surface area contributed by atoms with Crippen molar-refractivity contribution in [3.05, 3.63) is 29.1 Å². The van der Waals surface area contributed by atoms with Crippen molar-refractivity contribution in [1.82, 2.24) is 9.97 Å². The molecule has 0 saturated heterocycles. The molecular formula is C11H15BrN2O. The molecule has 0 saturated carbocycles. The summed E-state index contributed by atoms with van der Waals surface area (Å²) < 4.78 is 6.22. The van der Waals surface area contributed by atoms with E-state index in [2.05, 4.69) is 46.3 Å². The minimum atomic E-state index is 0.296. The zero-order valence-corrected chi connectivity index (χ0v) is 10.6. The monoisotopic (exact) mass is 270 g/mol. The number of hydrogen-bond donors (Lipinski definition) is 0. The fourth-order valence-corrected chi connectivity index (χ4v) is 1.37. The Balaban J connectivity index is 2.74. The van der Waals surface area contributed by atoms with Gasteiger partial charge in [0, 0.05) is 12.0 Å². The second-order valence-corrected chi connectivity index (χ2v) is 4.28. The van der Waals surface area contributed by atoms with Gasteiger partial charge in [-0.05, 0) is 22.4 Å². The van der Waals surface area contributed by atoms with Crippen molar-refractivity contribution >= 4 is 15.9 Å². The Labute approximate surface area is 98.7 Å². The lowest BCUT2D eigenvalue weighted by molar-refractivity contribution is 0.309. The summed E-state index contributed by atoms with van der Waals surface area (Å²) in [6, 6.07) is 1.77. The first-order chi connectivity index (χ1) is 7.13. The third-order valence-corrected chi connectivity index (χ3v) is 2.18. The normalized spacial score (nSPS) is 10.4. The molecule has 0 amide bonds. The first-order valence-corrected chi connectivity index (χ1v) is 5.71. The first-order valence-electron chi connectivity index (χ1n) is 4.91. The average molecular weight is 271 g/mol. The number of nitrogens with zero attached hydrogens (tertiary/aromatic N) is 2. The van der Waals surface area contributed by atoms with Crippen LogP contribution >= 0.6 is 15.9 Å². The van der Waals surface area contributed by atoms with Crippen molar-refractivity contribution in [1.29, 1.82) is 0 Å². The van der Waals surface area contributed by atoms with Gasteiger partial charge >= 0.3 is 0 Å². The van der Waals surface area contributed by atoms with Gasteiger partial charge in [0.25, 0.3) is 0 Å². The fraction of sp³-hybridized carbons (Fsp3) is 0.455. The molecule has 1 aromatic rings. The standard InChI is InChI=1S/C11H15BrN2O/c1-4-5-6-15-10-7-9(12)13-11(14-10)8(2)3/h4,7-8H,1,5-6H2,2-3H3. The summed E-state index contributed by atoms with van der Waals surface area (Å²) in [6.07, 6.45) is 2.64. The minimum Gasteiger partial charge on any atom is -0.477 e. The molecule has 3 nitrogen and oxygen atoms in total. The van der Waals surface area contributed by atoms with E-state index < -0.39 is 0 Å². The van der Waals surface area contributed by atoms with E-state index in [-0.39, 0.29) is 0 Å². The van der Waals surface area contributed by atoms with Gasteiger partial charge in [-0.25, -0.2) is 4.98 Å². The maximum atomic E-state index is 5.47. The van der Waals surface area contributed by atoms with E-state index in [1.54, 1.807) is 6.07 Å². The summed E-state index contributed by atoms with van der Waals surface area (Å²) in [6.45, 7) is 8.34. The molecule has 0 radical (unpaired) electrons. The second-order valence-electron chi connectivity index (χ2n) is 3.47. The van der Waals surface area contributed by atoms with E-state index in [1.807, 2.05) is 6.08 Å². The quantitative estimate of drug-likeness (QED) is 0.468. The highest BCUT2D eigenvalue weighted by atomic mass is 79.9. The van der Waals surface area contributed by atoms with Crippen LogP contribution in [0.2, 0.25) is 0 Å². The molecule has 4 heteroatoms. The molecule has 0 aromatic carbocycles. The van der Waals surface area contributed by atoms with Gasteiger partial charge in [-0.15, -0.1) is 6.58 Å². The van der Waals surface area contributed by atoms with E-state index in [1.165, 1.54) is 0 Å². The lowest BCUT2D eigenvalue weighted by Gasteiger charge is -2.08. The minimum absolute atomic E-state index is 0.296. The maximum absolute atomic E-state index is 5.47. The Hall–Kier alpha value is -0.900. The number of aromatic nitrogens is 2. The highest BCUT2D eigenvalue weighted by Crippen LogP contribution is 2.18. The molecular weight excluding hydrogens is 256 g/mol. The Morgan fingerprint density at radius 2 is 2.27 bits per heavy atom. The van der Waals surface area contributed by atoms with Crippen LogP contribution in [0.15, 0.2) is 23.3 Å². The Kier molecular flexibility index (Phi) is 4.75. The highest BCUT2D eigenvalue weighted by molar-refractivity contribution is 9.10. The van der Waals surface area contributed by atoms with Crippen molar-refractivity contribution in [2.24, 2.45) is 0 Å². The molecule has 0 bridgehead atoms. The summed E-state index contributed by atoms with van der Waals surface area (Å²) in [7, 11) is 0. The van der Waals surface area contributed by atoms with Gasteiger partial charge in [0.2, 0.25) is 5.88 Å². The predicted octanol–water partition coefficient (Wildman–Crippen LogP) is 3.32. The van der Waals surface area contributed by atoms with E-state index in [4.69, 9.17) is 4.74 Å². The molecule has 0 N–H and O–H groups in total. The van der Waals surface area contributed by atoms with Crippen molar-refractivity contribution in [2.45, 2.75) is 26.2 Å². The van der Waals surface area contributed by atoms with Gasteiger partial charge in [0.05, 0.1) is 6.61 Å². The summed E-state index contributed by atoms with van der Waals surface area (Å²) in [5, 5.41) is 0. The molecule has 1 aromatic heterocycles. The summed E-state index contributed by atoms with van der Waals surface area (Å²) >= 11 is 3.34.